The van der Waals surface area contributed by atoms with Gasteiger partial charge in [-0.2, -0.15) is 0 Å². The van der Waals surface area contributed by atoms with Crippen molar-refractivity contribution in [2.45, 2.75) is 0 Å². The van der Waals surface area contributed by atoms with Crippen LogP contribution in [-0.2, 0) is 4.79 Å². The third-order valence-corrected chi connectivity index (χ3v) is 3.13. The van der Waals surface area contributed by atoms with Crippen molar-refractivity contribution in [3.05, 3.63) is 57.3 Å². The van der Waals surface area contributed by atoms with Gasteiger partial charge in [-0.1, -0.05) is 34.8 Å². The first-order valence-electron chi connectivity index (χ1n) is 5.78. The smallest absolute Gasteiger partial charge is 0.262 e. The van der Waals surface area contributed by atoms with Crippen molar-refractivity contribution in [1.29, 1.82) is 0 Å². The molecule has 0 unspecified atom stereocenters. The fourth-order valence-corrected chi connectivity index (χ4v) is 2.24. The molecule has 1 amide bonds. The summed E-state index contributed by atoms with van der Waals surface area (Å²) in [7, 11) is 0. The maximum Gasteiger partial charge on any atom is 0.262 e. The molecule has 0 saturated heterocycles. The van der Waals surface area contributed by atoms with Gasteiger partial charge in [0.2, 0.25) is 0 Å². The van der Waals surface area contributed by atoms with Gasteiger partial charge in [0.15, 0.2) is 6.61 Å². The van der Waals surface area contributed by atoms with Crippen molar-refractivity contribution in [1.82, 2.24) is 0 Å². The highest BCUT2D eigenvalue weighted by atomic mass is 35.5. The monoisotopic (exact) mass is 347 g/mol. The van der Waals surface area contributed by atoms with E-state index in [1.54, 1.807) is 18.2 Å². The zero-order chi connectivity index (χ0) is 15.4. The van der Waals surface area contributed by atoms with E-state index >= 15 is 0 Å². The Labute approximate surface area is 135 Å². The maximum absolute atomic E-state index is 13.0. The predicted molar refractivity (Wildman–Crippen MR) is 82.0 cm³/mol. The van der Waals surface area contributed by atoms with Crippen molar-refractivity contribution in [2.75, 3.05) is 11.9 Å². The summed E-state index contributed by atoms with van der Waals surface area (Å²) in [6.45, 7) is -0.258. The van der Waals surface area contributed by atoms with Crippen LogP contribution < -0.4 is 10.1 Å². The molecular formula is C14H9Cl3FNO2. The molecule has 0 aliphatic heterocycles. The molecule has 0 aromatic heterocycles. The number of amides is 1. The Kier molecular flexibility index (Phi) is 5.28. The zero-order valence-electron chi connectivity index (χ0n) is 10.5. The number of anilines is 1. The van der Waals surface area contributed by atoms with Crippen LogP contribution in [0.15, 0.2) is 36.4 Å². The van der Waals surface area contributed by atoms with E-state index in [-0.39, 0.29) is 11.6 Å². The molecule has 0 spiro atoms. The molecule has 1 N–H and O–H groups in total. The molecule has 0 radical (unpaired) electrons. The summed E-state index contributed by atoms with van der Waals surface area (Å²) in [5.41, 5.74) is 0.457. The summed E-state index contributed by atoms with van der Waals surface area (Å²) >= 11 is 17.3. The largest absolute Gasteiger partial charge is 0.484 e. The molecule has 0 aliphatic rings. The fraction of sp³-hybridized carbons (Fsp3) is 0.0714. The Morgan fingerprint density at radius 1 is 1.10 bits per heavy atom. The van der Waals surface area contributed by atoms with Crippen molar-refractivity contribution >= 4 is 46.4 Å². The zero-order valence-corrected chi connectivity index (χ0v) is 12.8. The lowest BCUT2D eigenvalue weighted by molar-refractivity contribution is -0.118. The van der Waals surface area contributed by atoms with E-state index in [2.05, 4.69) is 5.32 Å². The summed E-state index contributed by atoms with van der Waals surface area (Å²) in [6, 6.07) is 8.49. The number of ether oxygens (including phenoxy) is 1. The molecule has 110 valence electrons. The normalized spacial score (nSPS) is 10.3. The number of carbonyl (C=O) groups excluding carboxylic acids is 1. The van der Waals surface area contributed by atoms with Crippen LogP contribution in [0.5, 0.6) is 5.75 Å². The van der Waals surface area contributed by atoms with Gasteiger partial charge in [-0.25, -0.2) is 4.39 Å². The second kappa shape index (κ2) is 6.98. The lowest BCUT2D eigenvalue weighted by Gasteiger charge is -2.08. The number of nitrogens with one attached hydrogen (secondary N) is 1. The molecule has 0 fully saturated rings. The highest BCUT2D eigenvalue weighted by molar-refractivity contribution is 6.35. The van der Waals surface area contributed by atoms with Gasteiger partial charge in [-0.05, 0) is 30.3 Å². The van der Waals surface area contributed by atoms with Crippen LogP contribution in [0.3, 0.4) is 0 Å². The average molecular weight is 349 g/mol. The average Bonchev–Trinajstić information content (AvgIpc) is 2.39. The van der Waals surface area contributed by atoms with E-state index in [1.165, 1.54) is 12.1 Å². The Morgan fingerprint density at radius 2 is 1.76 bits per heavy atom. The van der Waals surface area contributed by atoms with Gasteiger partial charge in [0, 0.05) is 21.8 Å². The summed E-state index contributed by atoms with van der Waals surface area (Å²) in [5.74, 6) is -0.670. The molecule has 2 aromatic rings. The first-order valence-corrected chi connectivity index (χ1v) is 6.91. The van der Waals surface area contributed by atoms with Crippen molar-refractivity contribution in [2.24, 2.45) is 0 Å². The number of benzene rings is 2. The number of hydrogen-bond donors (Lipinski definition) is 1. The molecule has 0 bridgehead atoms. The third-order valence-electron chi connectivity index (χ3n) is 2.41. The molecule has 3 nitrogen and oxygen atoms in total. The van der Waals surface area contributed by atoms with Gasteiger partial charge in [-0.3, -0.25) is 4.79 Å². The van der Waals surface area contributed by atoms with Crippen LogP contribution in [0.25, 0.3) is 0 Å². The molecule has 7 heteroatoms. The molecule has 2 aromatic carbocycles. The molecule has 21 heavy (non-hydrogen) atoms. The highest BCUT2D eigenvalue weighted by Gasteiger charge is 2.07. The first-order chi connectivity index (χ1) is 9.94. The lowest BCUT2D eigenvalue weighted by atomic mass is 10.3. The first kappa shape index (κ1) is 15.9. The molecule has 0 atom stereocenters. The van der Waals surface area contributed by atoms with E-state index in [9.17, 15) is 9.18 Å². The van der Waals surface area contributed by atoms with Crippen LogP contribution in [0.2, 0.25) is 15.1 Å². The maximum atomic E-state index is 13.0. The van der Waals surface area contributed by atoms with Gasteiger partial charge in [-0.15, -0.1) is 0 Å². The van der Waals surface area contributed by atoms with Gasteiger partial charge in [0.05, 0.1) is 5.02 Å². The minimum Gasteiger partial charge on any atom is -0.484 e. The van der Waals surface area contributed by atoms with E-state index in [1.807, 2.05) is 0 Å². The molecule has 2 rings (SSSR count). The van der Waals surface area contributed by atoms with Crippen LogP contribution in [0.4, 0.5) is 10.1 Å². The quantitative estimate of drug-likeness (QED) is 0.861. The standard InChI is InChI=1S/C14H9Cl3FNO2/c15-8-3-9(16)5-10(4-8)19-14(20)7-21-11-1-2-13(18)12(17)6-11/h1-6H,7H2,(H,19,20). The van der Waals surface area contributed by atoms with E-state index in [0.717, 1.165) is 6.07 Å². The van der Waals surface area contributed by atoms with Crippen LogP contribution in [0, 0.1) is 5.82 Å². The minimum atomic E-state index is -0.554. The van der Waals surface area contributed by atoms with E-state index in [4.69, 9.17) is 39.5 Å². The lowest BCUT2D eigenvalue weighted by Crippen LogP contribution is -2.20. The summed E-state index contributed by atoms with van der Waals surface area (Å²) in [5, 5.41) is 3.32. The Bertz CT molecular complexity index is 659. The topological polar surface area (TPSA) is 38.3 Å². The Morgan fingerprint density at radius 3 is 2.38 bits per heavy atom. The fourth-order valence-electron chi connectivity index (χ4n) is 1.54. The van der Waals surface area contributed by atoms with Crippen LogP contribution >= 0.6 is 34.8 Å². The highest BCUT2D eigenvalue weighted by Crippen LogP contribution is 2.23. The minimum absolute atomic E-state index is 0.0745. The molecule has 0 heterocycles. The Hall–Kier alpha value is -1.49. The number of hydrogen-bond acceptors (Lipinski definition) is 2. The summed E-state index contributed by atoms with van der Waals surface area (Å²) < 4.78 is 18.2. The SMILES string of the molecule is O=C(COc1ccc(F)c(Cl)c1)Nc1cc(Cl)cc(Cl)c1. The number of halogens is 4. The van der Waals surface area contributed by atoms with Gasteiger partial charge < -0.3 is 10.1 Å². The van der Waals surface area contributed by atoms with Crippen molar-refractivity contribution < 1.29 is 13.9 Å². The van der Waals surface area contributed by atoms with Crippen LogP contribution in [-0.4, -0.2) is 12.5 Å². The second-order valence-corrected chi connectivity index (χ2v) is 5.35. The van der Waals surface area contributed by atoms with Gasteiger partial charge in [0.1, 0.15) is 11.6 Å². The van der Waals surface area contributed by atoms with Crippen molar-refractivity contribution in [3.8, 4) is 5.75 Å². The summed E-state index contributed by atoms with van der Waals surface area (Å²) in [4.78, 5) is 11.7. The number of carbonyl (C=O) groups is 1. The molecular weight excluding hydrogens is 340 g/mol. The molecule has 0 aliphatic carbocycles. The van der Waals surface area contributed by atoms with E-state index in [0.29, 0.717) is 21.5 Å². The van der Waals surface area contributed by atoms with Crippen molar-refractivity contribution in [3.63, 3.8) is 0 Å². The van der Waals surface area contributed by atoms with Gasteiger partial charge >= 0.3 is 0 Å². The van der Waals surface area contributed by atoms with E-state index < -0.39 is 11.7 Å². The molecule has 0 saturated carbocycles. The number of rotatable bonds is 4. The predicted octanol–water partition coefficient (Wildman–Crippen LogP) is 4.80. The summed E-state index contributed by atoms with van der Waals surface area (Å²) in [6.07, 6.45) is 0. The third kappa shape index (κ3) is 4.77. The second-order valence-electron chi connectivity index (χ2n) is 4.07. The van der Waals surface area contributed by atoms with Crippen LogP contribution in [0.1, 0.15) is 0 Å². The Balaban J connectivity index is 1.94. The van der Waals surface area contributed by atoms with Gasteiger partial charge in [0.25, 0.3) is 5.91 Å².